The minimum absolute atomic E-state index is 0.0193. The van der Waals surface area contributed by atoms with Crippen molar-refractivity contribution < 1.29 is 9.53 Å². The van der Waals surface area contributed by atoms with E-state index in [0.717, 1.165) is 0 Å². The number of rotatable bonds is 6. The maximum absolute atomic E-state index is 12.1. The number of nitrogens with two attached hydrogens (primary N) is 1. The van der Waals surface area contributed by atoms with E-state index in [1.54, 1.807) is 12.3 Å². The van der Waals surface area contributed by atoms with Crippen LogP contribution in [0.5, 0.6) is 0 Å². The van der Waals surface area contributed by atoms with Crippen LogP contribution in [0.1, 0.15) is 44.2 Å². The van der Waals surface area contributed by atoms with Crippen LogP contribution in [0.3, 0.4) is 0 Å². The molecule has 1 amide bonds. The fraction of sp³-hybridized carbons (Fsp3) is 0.615. The molecule has 0 aromatic carbocycles. The van der Waals surface area contributed by atoms with Gasteiger partial charge in [-0.25, -0.2) is 0 Å². The Bertz CT molecular complexity index is 399. The van der Waals surface area contributed by atoms with Crippen molar-refractivity contribution >= 4 is 11.6 Å². The van der Waals surface area contributed by atoms with Gasteiger partial charge in [0.25, 0.3) is 5.91 Å². The molecule has 18 heavy (non-hydrogen) atoms. The molecule has 0 aliphatic heterocycles. The molecule has 3 N–H and O–H groups in total. The van der Waals surface area contributed by atoms with Crippen LogP contribution in [0.25, 0.3) is 0 Å². The van der Waals surface area contributed by atoms with E-state index in [0.29, 0.717) is 24.6 Å². The molecular weight excluding hydrogens is 230 g/mol. The van der Waals surface area contributed by atoms with Gasteiger partial charge in [-0.15, -0.1) is 0 Å². The fourth-order valence-corrected chi connectivity index (χ4v) is 1.74. The van der Waals surface area contributed by atoms with Gasteiger partial charge < -0.3 is 20.4 Å². The highest BCUT2D eigenvalue weighted by atomic mass is 16.5. The van der Waals surface area contributed by atoms with Crippen molar-refractivity contribution in [3.8, 4) is 0 Å². The third-order valence-electron chi connectivity index (χ3n) is 2.61. The number of carbonyl (C=O) groups excluding carboxylic acids is 1. The van der Waals surface area contributed by atoms with Crippen LogP contribution in [0.15, 0.2) is 12.3 Å². The zero-order chi connectivity index (χ0) is 13.7. The number of hydrogen-bond donors (Lipinski definition) is 2. The van der Waals surface area contributed by atoms with Gasteiger partial charge in [-0.1, -0.05) is 0 Å². The Kier molecular flexibility index (Phi) is 5.22. The van der Waals surface area contributed by atoms with Crippen molar-refractivity contribution in [2.24, 2.45) is 0 Å². The van der Waals surface area contributed by atoms with Crippen molar-refractivity contribution in [3.63, 3.8) is 0 Å². The van der Waals surface area contributed by atoms with Gasteiger partial charge in [-0.2, -0.15) is 0 Å². The van der Waals surface area contributed by atoms with Crippen LogP contribution >= 0.6 is 0 Å². The average Bonchev–Trinajstić information content (AvgIpc) is 2.69. The van der Waals surface area contributed by atoms with Gasteiger partial charge in [0.05, 0.1) is 12.3 Å². The molecule has 5 heteroatoms. The quantitative estimate of drug-likeness (QED) is 0.812. The van der Waals surface area contributed by atoms with Gasteiger partial charge in [0.15, 0.2) is 0 Å². The first kappa shape index (κ1) is 14.6. The van der Waals surface area contributed by atoms with Crippen molar-refractivity contribution in [2.45, 2.75) is 39.8 Å². The Morgan fingerprint density at radius 1 is 1.50 bits per heavy atom. The number of hydrogen-bond acceptors (Lipinski definition) is 3. The van der Waals surface area contributed by atoms with Gasteiger partial charge >= 0.3 is 0 Å². The van der Waals surface area contributed by atoms with E-state index in [1.165, 1.54) is 0 Å². The summed E-state index contributed by atoms with van der Waals surface area (Å²) in [5, 5.41) is 2.90. The number of aromatic nitrogens is 1. The second-order valence-electron chi connectivity index (χ2n) is 4.69. The third-order valence-corrected chi connectivity index (χ3v) is 2.61. The Balaban J connectivity index is 2.72. The Hall–Kier alpha value is -1.49. The van der Waals surface area contributed by atoms with Crippen molar-refractivity contribution in [1.29, 1.82) is 0 Å². The highest BCUT2D eigenvalue weighted by Crippen LogP contribution is 2.16. The molecule has 0 radical (unpaired) electrons. The van der Waals surface area contributed by atoms with Gasteiger partial charge in [-0.05, 0) is 33.8 Å². The lowest BCUT2D eigenvalue weighted by Gasteiger charge is -2.16. The molecular formula is C13H23N3O2. The fourth-order valence-electron chi connectivity index (χ4n) is 1.74. The van der Waals surface area contributed by atoms with Crippen molar-refractivity contribution in [1.82, 2.24) is 9.88 Å². The maximum atomic E-state index is 12.1. The standard InChI is InChI=1S/C13H23N3O2/c1-5-18-8-10(4)15-13(17)12-6-11(14)7-16(12)9(2)3/h6-7,9-10H,5,8,14H2,1-4H3,(H,15,17). The summed E-state index contributed by atoms with van der Waals surface area (Å²) in [5.74, 6) is -0.118. The van der Waals surface area contributed by atoms with Crippen molar-refractivity contribution in [3.05, 3.63) is 18.0 Å². The molecule has 0 fully saturated rings. The molecule has 1 unspecified atom stereocenters. The highest BCUT2D eigenvalue weighted by molar-refractivity contribution is 5.94. The van der Waals surface area contributed by atoms with E-state index in [4.69, 9.17) is 10.5 Å². The van der Waals surface area contributed by atoms with Crippen LogP contribution in [-0.2, 0) is 4.74 Å². The van der Waals surface area contributed by atoms with Crippen molar-refractivity contribution in [2.75, 3.05) is 18.9 Å². The van der Waals surface area contributed by atoms with E-state index in [1.807, 2.05) is 32.3 Å². The summed E-state index contributed by atoms with van der Waals surface area (Å²) >= 11 is 0. The Labute approximate surface area is 108 Å². The topological polar surface area (TPSA) is 69.3 Å². The van der Waals surface area contributed by atoms with E-state index in [9.17, 15) is 4.79 Å². The Morgan fingerprint density at radius 2 is 2.17 bits per heavy atom. The monoisotopic (exact) mass is 253 g/mol. The summed E-state index contributed by atoms with van der Waals surface area (Å²) in [5.41, 5.74) is 6.93. The molecule has 102 valence electrons. The lowest BCUT2D eigenvalue weighted by atomic mass is 10.3. The molecule has 0 saturated heterocycles. The van der Waals surface area contributed by atoms with E-state index in [-0.39, 0.29) is 18.0 Å². The first-order valence-corrected chi connectivity index (χ1v) is 6.31. The smallest absolute Gasteiger partial charge is 0.268 e. The Morgan fingerprint density at radius 3 is 2.72 bits per heavy atom. The molecule has 0 aliphatic rings. The molecule has 0 saturated carbocycles. The van der Waals surface area contributed by atoms with E-state index >= 15 is 0 Å². The van der Waals surface area contributed by atoms with E-state index < -0.39 is 0 Å². The van der Waals surface area contributed by atoms with Gasteiger partial charge in [0.1, 0.15) is 5.69 Å². The van der Waals surface area contributed by atoms with Gasteiger partial charge in [0, 0.05) is 24.9 Å². The normalized spacial score (nSPS) is 12.7. The number of anilines is 1. The number of carbonyl (C=O) groups is 1. The summed E-state index contributed by atoms with van der Waals surface area (Å²) in [6.07, 6.45) is 1.78. The third kappa shape index (κ3) is 3.77. The van der Waals surface area contributed by atoms with Crippen LogP contribution in [0.4, 0.5) is 5.69 Å². The summed E-state index contributed by atoms with van der Waals surface area (Å²) in [6.45, 7) is 9.04. The zero-order valence-corrected chi connectivity index (χ0v) is 11.6. The predicted octanol–water partition coefficient (Wildman–Crippen LogP) is 1.81. The highest BCUT2D eigenvalue weighted by Gasteiger charge is 2.16. The molecule has 5 nitrogen and oxygen atoms in total. The molecule has 1 atom stereocenters. The molecule has 1 aromatic heterocycles. The molecule has 1 rings (SSSR count). The maximum Gasteiger partial charge on any atom is 0.268 e. The summed E-state index contributed by atoms with van der Waals surface area (Å²) in [4.78, 5) is 12.1. The first-order chi connectivity index (χ1) is 8.45. The minimum atomic E-state index is -0.118. The molecule has 0 bridgehead atoms. The second kappa shape index (κ2) is 6.44. The SMILES string of the molecule is CCOCC(C)NC(=O)c1cc(N)cn1C(C)C. The number of nitrogen functional groups attached to an aromatic ring is 1. The predicted molar refractivity (Wildman–Crippen MR) is 72.7 cm³/mol. The van der Waals surface area contributed by atoms with Crippen LogP contribution in [-0.4, -0.2) is 29.7 Å². The molecule has 1 aromatic rings. The molecule has 0 aliphatic carbocycles. The molecule has 1 heterocycles. The summed E-state index contributed by atoms with van der Waals surface area (Å²) in [7, 11) is 0. The number of amides is 1. The largest absolute Gasteiger partial charge is 0.397 e. The van der Waals surface area contributed by atoms with E-state index in [2.05, 4.69) is 5.32 Å². The van der Waals surface area contributed by atoms with Crippen LogP contribution in [0, 0.1) is 0 Å². The van der Waals surface area contributed by atoms with Crippen LogP contribution < -0.4 is 11.1 Å². The van der Waals surface area contributed by atoms with Gasteiger partial charge in [-0.3, -0.25) is 4.79 Å². The number of nitrogens with one attached hydrogen (secondary N) is 1. The average molecular weight is 253 g/mol. The lowest BCUT2D eigenvalue weighted by Crippen LogP contribution is -2.37. The minimum Gasteiger partial charge on any atom is -0.397 e. The lowest BCUT2D eigenvalue weighted by molar-refractivity contribution is 0.0862. The first-order valence-electron chi connectivity index (χ1n) is 6.31. The molecule has 0 spiro atoms. The van der Waals surface area contributed by atoms with Crippen LogP contribution in [0.2, 0.25) is 0 Å². The zero-order valence-electron chi connectivity index (χ0n) is 11.6. The number of ether oxygens (including phenoxy) is 1. The summed E-state index contributed by atoms with van der Waals surface area (Å²) in [6, 6.07) is 1.88. The van der Waals surface area contributed by atoms with Gasteiger partial charge in [0.2, 0.25) is 0 Å². The second-order valence-corrected chi connectivity index (χ2v) is 4.69. The number of nitrogens with zero attached hydrogens (tertiary/aromatic N) is 1. The summed E-state index contributed by atoms with van der Waals surface area (Å²) < 4.78 is 7.14.